The molecule has 33 heavy (non-hydrogen) atoms. The van der Waals surface area contributed by atoms with Gasteiger partial charge in [-0.2, -0.15) is 12.6 Å². The lowest BCUT2D eigenvalue weighted by Gasteiger charge is -2.28. The summed E-state index contributed by atoms with van der Waals surface area (Å²) in [5.74, 6) is -3.61. The van der Waals surface area contributed by atoms with Crippen LogP contribution in [0.15, 0.2) is 30.3 Å². The van der Waals surface area contributed by atoms with Gasteiger partial charge < -0.3 is 31.9 Å². The van der Waals surface area contributed by atoms with Crippen molar-refractivity contribution in [2.45, 2.75) is 63.9 Å². The zero-order chi connectivity index (χ0) is 25.1. The number of nitrogens with two attached hydrogens (primary N) is 1. The van der Waals surface area contributed by atoms with Gasteiger partial charge in [0, 0.05) is 12.2 Å². The first kappa shape index (κ1) is 28.4. The van der Waals surface area contributed by atoms with Crippen LogP contribution in [0.5, 0.6) is 0 Å². The molecule has 1 rings (SSSR count). The smallest absolute Gasteiger partial charge is 0.328 e. The summed E-state index contributed by atoms with van der Waals surface area (Å²) >= 11 is 4.01. The predicted octanol–water partition coefficient (Wildman–Crippen LogP) is -0.548. The summed E-state index contributed by atoms with van der Waals surface area (Å²) in [5, 5.41) is 26.4. The van der Waals surface area contributed by atoms with Crippen LogP contribution >= 0.6 is 12.6 Å². The van der Waals surface area contributed by atoms with Crippen LogP contribution in [0.1, 0.15) is 32.8 Å². The van der Waals surface area contributed by atoms with Crippen molar-refractivity contribution in [2.75, 3.05) is 5.75 Å². The Morgan fingerprint density at radius 2 is 1.55 bits per heavy atom. The van der Waals surface area contributed by atoms with E-state index in [4.69, 9.17) is 5.73 Å². The number of hydrogen-bond donors (Lipinski definition) is 7. The van der Waals surface area contributed by atoms with Crippen molar-refractivity contribution in [2.24, 2.45) is 11.7 Å². The van der Waals surface area contributed by atoms with Gasteiger partial charge in [0.15, 0.2) is 6.04 Å². The number of aliphatic carboxylic acids is 1. The maximum absolute atomic E-state index is 13.2. The van der Waals surface area contributed by atoms with Gasteiger partial charge in [-0.05, 0) is 18.4 Å². The zero-order valence-electron chi connectivity index (χ0n) is 19.0. The summed E-state index contributed by atoms with van der Waals surface area (Å²) in [7, 11) is 0. The third-order valence-corrected chi connectivity index (χ3v) is 5.68. The van der Waals surface area contributed by atoms with Crippen LogP contribution in [0.2, 0.25) is 0 Å². The Hall–Kier alpha value is -2.63. The van der Waals surface area contributed by atoms with E-state index >= 15 is 0 Å². The van der Waals surface area contributed by atoms with Gasteiger partial charge in [-0.1, -0.05) is 50.6 Å². The van der Waals surface area contributed by atoms with E-state index in [1.54, 1.807) is 31.2 Å². The van der Waals surface area contributed by atoms with E-state index in [0.29, 0.717) is 6.42 Å². The van der Waals surface area contributed by atoms with Crippen molar-refractivity contribution in [3.05, 3.63) is 35.9 Å². The third-order valence-electron chi connectivity index (χ3n) is 5.29. The molecule has 6 atom stereocenters. The summed E-state index contributed by atoms with van der Waals surface area (Å²) in [6, 6.07) is 4.43. The molecule has 1 aromatic rings. The molecule has 0 saturated carbocycles. The van der Waals surface area contributed by atoms with Crippen LogP contribution in [0.3, 0.4) is 0 Å². The minimum atomic E-state index is -1.53. The Bertz CT molecular complexity index is 807. The van der Waals surface area contributed by atoms with E-state index in [0.717, 1.165) is 5.56 Å². The van der Waals surface area contributed by atoms with Gasteiger partial charge in [0.2, 0.25) is 17.7 Å². The van der Waals surface area contributed by atoms with Gasteiger partial charge in [0.1, 0.15) is 12.1 Å². The summed E-state index contributed by atoms with van der Waals surface area (Å²) in [6.07, 6.45) is -0.684. The lowest BCUT2D eigenvalue weighted by Crippen LogP contribution is -2.60. The van der Waals surface area contributed by atoms with Crippen molar-refractivity contribution in [1.29, 1.82) is 0 Å². The van der Waals surface area contributed by atoms with Crippen molar-refractivity contribution < 1.29 is 29.4 Å². The molecule has 0 bridgehead atoms. The summed E-state index contributed by atoms with van der Waals surface area (Å²) in [5.41, 5.74) is 6.51. The Balaban J connectivity index is 3.11. The minimum Gasteiger partial charge on any atom is -0.480 e. The van der Waals surface area contributed by atoms with Crippen LogP contribution in [0.25, 0.3) is 0 Å². The number of carbonyl (C=O) groups excluding carboxylic acids is 3. The Kier molecular flexibility index (Phi) is 11.9. The molecule has 0 spiro atoms. The number of carboxylic acids is 1. The second kappa shape index (κ2) is 13.8. The van der Waals surface area contributed by atoms with Gasteiger partial charge in [0.25, 0.3) is 0 Å². The van der Waals surface area contributed by atoms with Crippen molar-refractivity contribution in [1.82, 2.24) is 16.0 Å². The number of rotatable bonds is 13. The Morgan fingerprint density at radius 1 is 0.970 bits per heavy atom. The standard InChI is InChI=1S/C22H34N4O6S/c1-4-12(2)17(21(30)26-18(13(3)27)22(31)32)25-20(29)16(24-19(28)15(23)11-33)10-14-8-6-5-7-9-14/h5-9,12-13,15-18,27,33H,4,10-11,23H2,1-3H3,(H,24,28)(H,25,29)(H,26,30)(H,31,32). The fourth-order valence-corrected chi connectivity index (χ4v) is 3.17. The van der Waals surface area contributed by atoms with Crippen LogP contribution in [0.4, 0.5) is 0 Å². The molecule has 6 unspecified atom stereocenters. The van der Waals surface area contributed by atoms with Crippen LogP contribution in [0, 0.1) is 5.92 Å². The zero-order valence-corrected chi connectivity index (χ0v) is 19.9. The molecule has 1 aromatic carbocycles. The molecule has 0 radical (unpaired) electrons. The number of aliphatic hydroxyl groups is 1. The summed E-state index contributed by atoms with van der Waals surface area (Å²) < 4.78 is 0. The van der Waals surface area contributed by atoms with E-state index in [-0.39, 0.29) is 18.1 Å². The fraction of sp³-hybridized carbons (Fsp3) is 0.545. The highest BCUT2D eigenvalue weighted by molar-refractivity contribution is 7.80. The SMILES string of the molecule is CCC(C)C(NC(=O)C(Cc1ccccc1)NC(=O)C(N)CS)C(=O)NC(C(=O)O)C(C)O. The molecular formula is C22H34N4O6S. The molecule has 0 saturated heterocycles. The molecule has 0 fully saturated rings. The summed E-state index contributed by atoms with van der Waals surface area (Å²) in [6.45, 7) is 4.78. The van der Waals surface area contributed by atoms with Crippen molar-refractivity contribution >= 4 is 36.3 Å². The van der Waals surface area contributed by atoms with Gasteiger partial charge in [0.05, 0.1) is 12.1 Å². The monoisotopic (exact) mass is 482 g/mol. The molecule has 7 N–H and O–H groups in total. The van der Waals surface area contributed by atoms with Gasteiger partial charge in [-0.15, -0.1) is 0 Å². The third kappa shape index (κ3) is 9.03. The number of nitrogens with one attached hydrogen (secondary N) is 3. The maximum Gasteiger partial charge on any atom is 0.328 e. The van der Waals surface area contributed by atoms with Crippen LogP contribution in [-0.2, 0) is 25.6 Å². The number of thiol groups is 1. The predicted molar refractivity (Wildman–Crippen MR) is 127 cm³/mol. The topological polar surface area (TPSA) is 171 Å². The molecule has 11 heteroatoms. The molecular weight excluding hydrogens is 448 g/mol. The largest absolute Gasteiger partial charge is 0.480 e. The number of benzene rings is 1. The minimum absolute atomic E-state index is 0.0827. The van der Waals surface area contributed by atoms with Crippen molar-refractivity contribution in [3.8, 4) is 0 Å². The second-order valence-corrected chi connectivity index (χ2v) is 8.34. The number of carbonyl (C=O) groups is 4. The first-order valence-electron chi connectivity index (χ1n) is 10.7. The van der Waals surface area contributed by atoms with E-state index in [1.165, 1.54) is 6.92 Å². The highest BCUT2D eigenvalue weighted by Gasteiger charge is 2.34. The van der Waals surface area contributed by atoms with E-state index in [2.05, 4.69) is 28.6 Å². The van der Waals surface area contributed by atoms with Crippen LogP contribution < -0.4 is 21.7 Å². The van der Waals surface area contributed by atoms with Crippen molar-refractivity contribution in [3.63, 3.8) is 0 Å². The lowest BCUT2D eigenvalue weighted by molar-refractivity contribution is -0.145. The molecule has 0 heterocycles. The molecule has 184 valence electrons. The van der Waals surface area contributed by atoms with Gasteiger partial charge in [-0.3, -0.25) is 14.4 Å². The van der Waals surface area contributed by atoms with Gasteiger partial charge in [-0.25, -0.2) is 4.79 Å². The molecule has 0 aromatic heterocycles. The molecule has 0 aliphatic rings. The van der Waals surface area contributed by atoms with E-state index < -0.39 is 54.0 Å². The number of aliphatic hydroxyl groups excluding tert-OH is 1. The second-order valence-electron chi connectivity index (χ2n) is 7.98. The first-order valence-corrected chi connectivity index (χ1v) is 11.4. The lowest BCUT2D eigenvalue weighted by atomic mass is 9.96. The maximum atomic E-state index is 13.2. The molecule has 0 aliphatic heterocycles. The average Bonchev–Trinajstić information content (AvgIpc) is 2.79. The van der Waals surface area contributed by atoms with E-state index in [9.17, 15) is 29.4 Å². The number of carboxylic acid groups (broad SMARTS) is 1. The Labute approximate surface area is 199 Å². The normalized spacial score (nSPS) is 16.4. The van der Waals surface area contributed by atoms with E-state index in [1.807, 2.05) is 13.0 Å². The molecule has 0 aliphatic carbocycles. The highest BCUT2D eigenvalue weighted by Crippen LogP contribution is 2.11. The average molecular weight is 483 g/mol. The number of hydrogen-bond acceptors (Lipinski definition) is 7. The Morgan fingerprint density at radius 3 is 2.03 bits per heavy atom. The molecule has 3 amide bonds. The fourth-order valence-electron chi connectivity index (χ4n) is 3.01. The molecule has 10 nitrogen and oxygen atoms in total. The quantitative estimate of drug-likeness (QED) is 0.185. The number of amides is 3. The van der Waals surface area contributed by atoms with Gasteiger partial charge >= 0.3 is 5.97 Å². The highest BCUT2D eigenvalue weighted by atomic mass is 32.1. The summed E-state index contributed by atoms with van der Waals surface area (Å²) in [4.78, 5) is 49.7. The first-order chi connectivity index (χ1) is 15.5. The van der Waals surface area contributed by atoms with Crippen LogP contribution in [-0.4, -0.2) is 69.9 Å².